The van der Waals surface area contributed by atoms with Gasteiger partial charge in [-0.3, -0.25) is 4.79 Å². The Bertz CT molecular complexity index is 529. The van der Waals surface area contributed by atoms with Crippen LogP contribution in [0.2, 0.25) is 0 Å². The monoisotopic (exact) mass is 218 g/mol. The summed E-state index contributed by atoms with van der Waals surface area (Å²) in [5.74, 6) is -1.08. The van der Waals surface area contributed by atoms with Crippen molar-refractivity contribution < 1.29 is 19.1 Å². The van der Waals surface area contributed by atoms with Gasteiger partial charge in [0, 0.05) is 19.1 Å². The fourth-order valence-electron chi connectivity index (χ4n) is 1.40. The predicted octanol–water partition coefficient (Wildman–Crippen LogP) is 0.536. The maximum absolute atomic E-state index is 11.3. The topological polar surface area (TPSA) is 70.0 Å². The molecule has 0 bridgehead atoms. The molecular weight excluding hydrogens is 208 g/mol. The SMILES string of the molecule is CC(=O)c1c([O-])on[n+]1-c1ccc(C)cc1. The number of carbonyl (C=O) groups is 1. The highest BCUT2D eigenvalue weighted by Gasteiger charge is 2.23. The zero-order chi connectivity index (χ0) is 11.7. The van der Waals surface area contributed by atoms with Crippen molar-refractivity contribution in [3.63, 3.8) is 0 Å². The lowest BCUT2D eigenvalue weighted by Gasteiger charge is -1.94. The third-order valence-corrected chi connectivity index (χ3v) is 2.22. The second kappa shape index (κ2) is 3.77. The minimum atomic E-state index is -0.715. The van der Waals surface area contributed by atoms with Crippen LogP contribution in [0.25, 0.3) is 5.69 Å². The van der Waals surface area contributed by atoms with Gasteiger partial charge in [-0.15, -0.1) is 0 Å². The zero-order valence-electron chi connectivity index (χ0n) is 8.93. The van der Waals surface area contributed by atoms with E-state index in [-0.39, 0.29) is 11.5 Å². The minimum Gasteiger partial charge on any atom is -0.539 e. The van der Waals surface area contributed by atoms with E-state index in [9.17, 15) is 9.90 Å². The van der Waals surface area contributed by atoms with Gasteiger partial charge in [0.1, 0.15) is 0 Å². The summed E-state index contributed by atoms with van der Waals surface area (Å²) in [5.41, 5.74) is 1.64. The first-order valence-electron chi connectivity index (χ1n) is 4.76. The van der Waals surface area contributed by atoms with E-state index in [4.69, 9.17) is 0 Å². The number of nitrogens with zero attached hydrogens (tertiary/aromatic N) is 2. The van der Waals surface area contributed by atoms with Crippen LogP contribution in [0.4, 0.5) is 0 Å². The van der Waals surface area contributed by atoms with Gasteiger partial charge in [0.05, 0.1) is 5.27 Å². The maximum Gasteiger partial charge on any atom is 0.305 e. The summed E-state index contributed by atoms with van der Waals surface area (Å²) in [4.78, 5) is 11.3. The molecule has 16 heavy (non-hydrogen) atoms. The second-order valence-corrected chi connectivity index (χ2v) is 3.51. The normalized spacial score (nSPS) is 10.4. The van der Waals surface area contributed by atoms with E-state index in [2.05, 4.69) is 9.79 Å². The van der Waals surface area contributed by atoms with Crippen molar-refractivity contribution in [2.75, 3.05) is 0 Å². The van der Waals surface area contributed by atoms with Crippen LogP contribution in [0.15, 0.2) is 28.8 Å². The van der Waals surface area contributed by atoms with E-state index >= 15 is 0 Å². The Kier molecular flexibility index (Phi) is 2.44. The molecule has 5 heteroatoms. The number of hydrogen-bond donors (Lipinski definition) is 0. The molecule has 82 valence electrons. The number of benzene rings is 1. The minimum absolute atomic E-state index is 0.0659. The van der Waals surface area contributed by atoms with E-state index < -0.39 is 5.95 Å². The number of hydrogen-bond acceptors (Lipinski definition) is 4. The van der Waals surface area contributed by atoms with Gasteiger partial charge in [0.15, 0.2) is 5.95 Å². The maximum atomic E-state index is 11.3. The van der Waals surface area contributed by atoms with Crippen LogP contribution < -0.4 is 9.79 Å². The lowest BCUT2D eigenvalue weighted by Crippen LogP contribution is -2.38. The van der Waals surface area contributed by atoms with Crippen molar-refractivity contribution in [2.45, 2.75) is 13.8 Å². The lowest BCUT2D eigenvalue weighted by molar-refractivity contribution is -0.672. The molecule has 0 unspecified atom stereocenters. The summed E-state index contributed by atoms with van der Waals surface area (Å²) in [7, 11) is 0. The molecule has 5 nitrogen and oxygen atoms in total. The molecule has 0 amide bonds. The molecule has 1 aromatic heterocycles. The average Bonchev–Trinajstić information content (AvgIpc) is 2.61. The number of aryl methyl sites for hydroxylation is 1. The van der Waals surface area contributed by atoms with Crippen LogP contribution in [-0.4, -0.2) is 11.1 Å². The van der Waals surface area contributed by atoms with Crippen LogP contribution in [0, 0.1) is 6.92 Å². The molecule has 0 saturated carbocycles. The Labute approximate surface area is 91.9 Å². The Morgan fingerprint density at radius 1 is 1.38 bits per heavy atom. The van der Waals surface area contributed by atoms with Gasteiger partial charge in [-0.1, -0.05) is 17.7 Å². The van der Waals surface area contributed by atoms with E-state index in [1.54, 1.807) is 12.1 Å². The van der Waals surface area contributed by atoms with E-state index in [0.29, 0.717) is 5.69 Å². The summed E-state index contributed by atoms with van der Waals surface area (Å²) >= 11 is 0. The highest BCUT2D eigenvalue weighted by Crippen LogP contribution is 2.11. The molecular formula is C11H10N2O3. The van der Waals surface area contributed by atoms with Gasteiger partial charge in [-0.05, 0) is 11.6 Å². The van der Waals surface area contributed by atoms with Gasteiger partial charge in [0.2, 0.25) is 11.5 Å². The highest BCUT2D eigenvalue weighted by atomic mass is 16.6. The molecule has 0 aliphatic rings. The van der Waals surface area contributed by atoms with Gasteiger partial charge >= 0.3 is 5.69 Å². The predicted molar refractivity (Wildman–Crippen MR) is 52.2 cm³/mol. The van der Waals surface area contributed by atoms with Crippen molar-refractivity contribution in [1.29, 1.82) is 0 Å². The number of ketones is 1. The first-order valence-corrected chi connectivity index (χ1v) is 4.76. The van der Waals surface area contributed by atoms with Gasteiger partial charge < -0.3 is 9.63 Å². The Hall–Kier alpha value is -2.17. The van der Waals surface area contributed by atoms with Crippen molar-refractivity contribution in [1.82, 2.24) is 5.27 Å². The molecule has 2 aromatic rings. The van der Waals surface area contributed by atoms with Crippen molar-refractivity contribution in [2.24, 2.45) is 0 Å². The molecule has 0 aliphatic carbocycles. The molecule has 1 aromatic carbocycles. The van der Waals surface area contributed by atoms with Gasteiger partial charge in [-0.2, -0.15) is 0 Å². The Morgan fingerprint density at radius 2 is 2.00 bits per heavy atom. The summed E-state index contributed by atoms with van der Waals surface area (Å²) < 4.78 is 5.69. The zero-order valence-corrected chi connectivity index (χ0v) is 8.93. The fourth-order valence-corrected chi connectivity index (χ4v) is 1.40. The summed E-state index contributed by atoms with van der Waals surface area (Å²) in [6, 6.07) is 7.27. The molecule has 0 spiro atoms. The molecule has 0 fully saturated rings. The van der Waals surface area contributed by atoms with E-state index in [0.717, 1.165) is 5.56 Å². The van der Waals surface area contributed by atoms with Crippen molar-refractivity contribution in [3.05, 3.63) is 35.5 Å². The number of Topliss-reactive ketones (excluding diaryl/α,β-unsaturated/α-hetero) is 1. The van der Waals surface area contributed by atoms with Crippen LogP contribution in [0.5, 0.6) is 5.95 Å². The number of rotatable bonds is 2. The average molecular weight is 218 g/mol. The van der Waals surface area contributed by atoms with Gasteiger partial charge in [-0.25, -0.2) is 0 Å². The molecule has 2 rings (SSSR count). The standard InChI is InChI=1S/C11H10N2O3/c1-7-3-5-9(6-4-7)13-10(8(2)14)11(15)16-12-13/h3-6H,1-2H3. The fraction of sp³-hybridized carbons (Fsp3) is 0.182. The molecule has 0 N–H and O–H groups in total. The van der Waals surface area contributed by atoms with Crippen molar-refractivity contribution in [3.8, 4) is 11.6 Å². The van der Waals surface area contributed by atoms with Crippen LogP contribution in [0.3, 0.4) is 0 Å². The number of aromatic nitrogens is 2. The van der Waals surface area contributed by atoms with Crippen molar-refractivity contribution >= 4 is 5.78 Å². The summed E-state index contributed by atoms with van der Waals surface area (Å²) in [6.07, 6.45) is 0. The quantitative estimate of drug-likeness (QED) is 0.544. The van der Waals surface area contributed by atoms with Crippen LogP contribution in [-0.2, 0) is 0 Å². The molecule has 0 aliphatic heterocycles. The molecule has 0 radical (unpaired) electrons. The third kappa shape index (κ3) is 1.67. The smallest absolute Gasteiger partial charge is 0.305 e. The third-order valence-electron chi connectivity index (χ3n) is 2.22. The van der Waals surface area contributed by atoms with E-state index in [1.807, 2.05) is 19.1 Å². The first kappa shape index (κ1) is 10.4. The van der Waals surface area contributed by atoms with Crippen LogP contribution in [0.1, 0.15) is 23.0 Å². The first-order chi connectivity index (χ1) is 7.59. The number of carbonyl (C=O) groups excluding carboxylic acids is 1. The largest absolute Gasteiger partial charge is 0.539 e. The Morgan fingerprint density at radius 3 is 2.56 bits per heavy atom. The summed E-state index contributed by atoms with van der Waals surface area (Å²) in [6.45, 7) is 3.25. The highest BCUT2D eigenvalue weighted by molar-refractivity contribution is 5.92. The molecule has 0 saturated heterocycles. The Balaban J connectivity index is 2.56. The van der Waals surface area contributed by atoms with E-state index in [1.165, 1.54) is 11.6 Å². The molecule has 1 heterocycles. The molecule has 0 atom stereocenters. The summed E-state index contributed by atoms with van der Waals surface area (Å²) in [5, 5.41) is 14.8. The van der Waals surface area contributed by atoms with Gasteiger partial charge in [0.25, 0.3) is 0 Å². The lowest BCUT2D eigenvalue weighted by atomic mass is 10.2. The van der Waals surface area contributed by atoms with Crippen LogP contribution >= 0.6 is 0 Å². The second-order valence-electron chi connectivity index (χ2n) is 3.51.